The number of ether oxygens (including phenoxy) is 1. The van der Waals surface area contributed by atoms with Crippen molar-refractivity contribution in [3.63, 3.8) is 0 Å². The SMILES string of the molecule is CCOC(=O)[C@H]1CCCN(C(=O)Cc2ccc(N(Cc3ccc(F)cc3)C(=O)C3CC3)cc2)C1. The van der Waals surface area contributed by atoms with Gasteiger partial charge in [0, 0.05) is 24.7 Å². The lowest BCUT2D eigenvalue weighted by atomic mass is 9.97. The van der Waals surface area contributed by atoms with Crippen molar-refractivity contribution in [3.8, 4) is 0 Å². The summed E-state index contributed by atoms with van der Waals surface area (Å²) in [6.45, 7) is 3.55. The van der Waals surface area contributed by atoms with Gasteiger partial charge >= 0.3 is 5.97 Å². The van der Waals surface area contributed by atoms with Crippen LogP contribution in [0.1, 0.15) is 43.7 Å². The van der Waals surface area contributed by atoms with Gasteiger partial charge in [-0.3, -0.25) is 14.4 Å². The predicted molar refractivity (Wildman–Crippen MR) is 126 cm³/mol. The van der Waals surface area contributed by atoms with Crippen LogP contribution in [-0.2, 0) is 32.1 Å². The van der Waals surface area contributed by atoms with E-state index in [4.69, 9.17) is 4.74 Å². The summed E-state index contributed by atoms with van der Waals surface area (Å²) in [5.74, 6) is -0.682. The summed E-state index contributed by atoms with van der Waals surface area (Å²) in [6.07, 6.45) is 3.57. The van der Waals surface area contributed by atoms with Gasteiger partial charge in [0.15, 0.2) is 0 Å². The highest BCUT2D eigenvalue weighted by Gasteiger charge is 2.34. The van der Waals surface area contributed by atoms with Gasteiger partial charge < -0.3 is 14.5 Å². The fraction of sp³-hybridized carbons (Fsp3) is 0.444. The van der Waals surface area contributed by atoms with Crippen molar-refractivity contribution >= 4 is 23.5 Å². The van der Waals surface area contributed by atoms with E-state index in [2.05, 4.69) is 0 Å². The Balaban J connectivity index is 1.41. The largest absolute Gasteiger partial charge is 0.466 e. The van der Waals surface area contributed by atoms with Crippen LogP contribution in [0.5, 0.6) is 0 Å². The molecule has 2 aliphatic rings. The molecule has 0 unspecified atom stereocenters. The van der Waals surface area contributed by atoms with Crippen molar-refractivity contribution in [2.24, 2.45) is 11.8 Å². The van der Waals surface area contributed by atoms with Crippen LogP contribution in [0.2, 0.25) is 0 Å². The van der Waals surface area contributed by atoms with Gasteiger partial charge in [0.05, 0.1) is 25.5 Å². The molecule has 1 heterocycles. The number of hydrogen-bond acceptors (Lipinski definition) is 4. The van der Waals surface area contributed by atoms with Gasteiger partial charge in [-0.05, 0) is 68.0 Å². The minimum absolute atomic E-state index is 0.0148. The van der Waals surface area contributed by atoms with Crippen molar-refractivity contribution < 1.29 is 23.5 Å². The van der Waals surface area contributed by atoms with Crippen LogP contribution in [0, 0.1) is 17.7 Å². The first-order chi connectivity index (χ1) is 16.4. The van der Waals surface area contributed by atoms with Gasteiger partial charge in [-0.2, -0.15) is 0 Å². The van der Waals surface area contributed by atoms with Crippen LogP contribution < -0.4 is 4.90 Å². The molecule has 6 nitrogen and oxygen atoms in total. The first-order valence-electron chi connectivity index (χ1n) is 12.0. The molecular weight excluding hydrogens is 435 g/mol. The van der Waals surface area contributed by atoms with E-state index >= 15 is 0 Å². The highest BCUT2D eigenvalue weighted by molar-refractivity contribution is 5.96. The maximum atomic E-state index is 13.3. The van der Waals surface area contributed by atoms with E-state index in [1.165, 1.54) is 12.1 Å². The monoisotopic (exact) mass is 466 g/mol. The number of anilines is 1. The molecule has 2 fully saturated rings. The summed E-state index contributed by atoms with van der Waals surface area (Å²) in [6, 6.07) is 13.7. The molecule has 0 radical (unpaired) electrons. The quantitative estimate of drug-likeness (QED) is 0.549. The summed E-state index contributed by atoms with van der Waals surface area (Å²) >= 11 is 0. The zero-order valence-corrected chi connectivity index (χ0v) is 19.5. The van der Waals surface area contributed by atoms with E-state index < -0.39 is 0 Å². The number of piperidine rings is 1. The van der Waals surface area contributed by atoms with Gasteiger partial charge in [0.1, 0.15) is 5.82 Å². The molecule has 4 rings (SSSR count). The lowest BCUT2D eigenvalue weighted by Crippen LogP contribution is -2.43. The fourth-order valence-electron chi connectivity index (χ4n) is 4.36. The smallest absolute Gasteiger partial charge is 0.310 e. The molecule has 2 amide bonds. The average molecular weight is 467 g/mol. The van der Waals surface area contributed by atoms with Gasteiger partial charge in [-0.25, -0.2) is 4.39 Å². The summed E-state index contributed by atoms with van der Waals surface area (Å²) in [5, 5.41) is 0. The van der Waals surface area contributed by atoms with E-state index in [1.807, 2.05) is 24.3 Å². The Labute approximate surface area is 199 Å². The molecule has 7 heteroatoms. The summed E-state index contributed by atoms with van der Waals surface area (Å²) < 4.78 is 18.4. The third-order valence-electron chi connectivity index (χ3n) is 6.44. The second-order valence-corrected chi connectivity index (χ2v) is 9.10. The van der Waals surface area contributed by atoms with E-state index in [-0.39, 0.29) is 41.9 Å². The van der Waals surface area contributed by atoms with Crippen molar-refractivity contribution in [2.75, 3.05) is 24.6 Å². The Hall–Kier alpha value is -3.22. The minimum atomic E-state index is -0.305. The zero-order valence-electron chi connectivity index (χ0n) is 19.5. The van der Waals surface area contributed by atoms with Gasteiger partial charge in [0.2, 0.25) is 11.8 Å². The molecule has 34 heavy (non-hydrogen) atoms. The minimum Gasteiger partial charge on any atom is -0.466 e. The summed E-state index contributed by atoms with van der Waals surface area (Å²) in [7, 11) is 0. The molecule has 0 aromatic heterocycles. The number of nitrogens with zero attached hydrogens (tertiary/aromatic N) is 2. The molecule has 0 bridgehead atoms. The summed E-state index contributed by atoms with van der Waals surface area (Å²) in [5.41, 5.74) is 2.47. The van der Waals surface area contributed by atoms with Crippen LogP contribution in [0.15, 0.2) is 48.5 Å². The highest BCUT2D eigenvalue weighted by atomic mass is 19.1. The molecule has 1 atom stereocenters. The van der Waals surface area contributed by atoms with E-state index in [9.17, 15) is 18.8 Å². The molecule has 2 aromatic carbocycles. The molecule has 0 spiro atoms. The number of benzene rings is 2. The molecule has 1 aliphatic heterocycles. The van der Waals surface area contributed by atoms with Crippen LogP contribution in [-0.4, -0.2) is 42.4 Å². The number of halogens is 1. The first kappa shape index (κ1) is 23.9. The number of esters is 1. The predicted octanol–water partition coefficient (Wildman–Crippen LogP) is 4.11. The third-order valence-corrected chi connectivity index (χ3v) is 6.44. The summed E-state index contributed by atoms with van der Waals surface area (Å²) in [4.78, 5) is 41.4. The molecule has 1 saturated carbocycles. The van der Waals surface area contributed by atoms with Crippen molar-refractivity contribution in [1.29, 1.82) is 0 Å². The van der Waals surface area contributed by atoms with E-state index in [1.54, 1.807) is 28.9 Å². The number of likely N-dealkylation sites (tertiary alicyclic amines) is 1. The Kier molecular flexibility index (Phi) is 7.60. The van der Waals surface area contributed by atoms with E-state index in [0.29, 0.717) is 26.2 Å². The number of rotatable bonds is 8. The second kappa shape index (κ2) is 10.8. The molecular formula is C27H31FN2O4. The topological polar surface area (TPSA) is 66.9 Å². The van der Waals surface area contributed by atoms with Crippen LogP contribution in [0.25, 0.3) is 0 Å². The Morgan fingerprint density at radius 2 is 1.65 bits per heavy atom. The maximum absolute atomic E-state index is 13.3. The third kappa shape index (κ3) is 6.01. The fourth-order valence-corrected chi connectivity index (χ4v) is 4.36. The number of hydrogen-bond donors (Lipinski definition) is 0. The number of amides is 2. The van der Waals surface area contributed by atoms with Crippen molar-refractivity contribution in [2.45, 2.75) is 45.6 Å². The van der Waals surface area contributed by atoms with Crippen molar-refractivity contribution in [1.82, 2.24) is 4.90 Å². The van der Waals surface area contributed by atoms with Gasteiger partial charge in [0.25, 0.3) is 0 Å². The molecule has 180 valence electrons. The number of carbonyl (C=O) groups is 3. The zero-order chi connectivity index (χ0) is 24.1. The molecule has 0 N–H and O–H groups in total. The van der Waals surface area contributed by atoms with E-state index in [0.717, 1.165) is 42.5 Å². The lowest BCUT2D eigenvalue weighted by Gasteiger charge is -2.31. The molecule has 1 aliphatic carbocycles. The van der Waals surface area contributed by atoms with Crippen molar-refractivity contribution in [3.05, 3.63) is 65.5 Å². The van der Waals surface area contributed by atoms with Crippen LogP contribution >= 0.6 is 0 Å². The second-order valence-electron chi connectivity index (χ2n) is 9.10. The normalized spacial score (nSPS) is 17.8. The molecule has 1 saturated heterocycles. The Morgan fingerprint density at radius 1 is 0.971 bits per heavy atom. The first-order valence-corrected chi connectivity index (χ1v) is 12.0. The Bertz CT molecular complexity index is 1020. The number of carbonyl (C=O) groups excluding carboxylic acids is 3. The molecule has 2 aromatic rings. The Morgan fingerprint density at radius 3 is 2.29 bits per heavy atom. The standard InChI is InChI=1S/C27H31FN2O4/c1-2-34-27(33)22-4-3-15-29(18-22)25(31)16-19-7-13-24(14-8-19)30(26(32)21-9-10-21)17-20-5-11-23(28)12-6-20/h5-8,11-14,21-22H,2-4,9-10,15-18H2,1H3/t22-/m0/s1. The van der Waals surface area contributed by atoms with Gasteiger partial charge in [-0.15, -0.1) is 0 Å². The maximum Gasteiger partial charge on any atom is 0.310 e. The lowest BCUT2D eigenvalue weighted by molar-refractivity contribution is -0.151. The highest BCUT2D eigenvalue weighted by Crippen LogP contribution is 2.33. The average Bonchev–Trinajstić information content (AvgIpc) is 3.70. The van der Waals surface area contributed by atoms with Crippen LogP contribution in [0.3, 0.4) is 0 Å². The van der Waals surface area contributed by atoms with Crippen LogP contribution in [0.4, 0.5) is 10.1 Å². The van der Waals surface area contributed by atoms with Gasteiger partial charge in [-0.1, -0.05) is 24.3 Å².